The summed E-state index contributed by atoms with van der Waals surface area (Å²) in [6.45, 7) is 2.27. The Balaban J connectivity index is 3.31. The minimum atomic E-state index is -0.838. The van der Waals surface area contributed by atoms with Gasteiger partial charge in [-0.05, 0) is 19.8 Å². The Kier molecular flexibility index (Phi) is 6.74. The van der Waals surface area contributed by atoms with Gasteiger partial charge in [-0.3, -0.25) is 9.59 Å². The molecule has 4 N–H and O–H groups in total. The van der Waals surface area contributed by atoms with Crippen LogP contribution in [0.4, 0.5) is 0 Å². The van der Waals surface area contributed by atoms with Crippen LogP contribution in [-0.4, -0.2) is 29.6 Å². The molecule has 0 saturated carbocycles. The van der Waals surface area contributed by atoms with Crippen molar-refractivity contribution in [1.82, 2.24) is 5.32 Å². The van der Waals surface area contributed by atoms with Crippen LogP contribution in [0.5, 0.6) is 0 Å². The Morgan fingerprint density at radius 2 is 2.07 bits per heavy atom. The fourth-order valence-electron chi connectivity index (χ4n) is 0.915. The zero-order valence-corrected chi connectivity index (χ0v) is 8.45. The van der Waals surface area contributed by atoms with Crippen LogP contribution in [0.25, 0.3) is 0 Å². The number of rotatable bonds is 7. The van der Waals surface area contributed by atoms with Crippen molar-refractivity contribution in [2.75, 3.05) is 6.54 Å². The molecule has 82 valence electrons. The zero-order chi connectivity index (χ0) is 11.0. The quantitative estimate of drug-likeness (QED) is 0.510. The lowest BCUT2D eigenvalue weighted by Crippen LogP contribution is -2.26. The molecule has 0 radical (unpaired) electrons. The molecule has 5 heteroatoms. The summed E-state index contributed by atoms with van der Waals surface area (Å²) < 4.78 is 0. The maximum absolute atomic E-state index is 11.1. The molecular formula is C9H18N2O3. The SMILES string of the molecule is CC(N)CCC(=O)NCCCC(=O)O. The summed E-state index contributed by atoms with van der Waals surface area (Å²) in [5.74, 6) is -0.900. The zero-order valence-electron chi connectivity index (χ0n) is 8.45. The van der Waals surface area contributed by atoms with Gasteiger partial charge < -0.3 is 16.2 Å². The molecule has 1 unspecified atom stereocenters. The van der Waals surface area contributed by atoms with Crippen molar-refractivity contribution in [3.05, 3.63) is 0 Å². The summed E-state index contributed by atoms with van der Waals surface area (Å²) in [6, 6.07) is 0.0276. The fraction of sp³-hybridized carbons (Fsp3) is 0.778. The van der Waals surface area contributed by atoms with Crippen LogP contribution in [0.3, 0.4) is 0 Å². The van der Waals surface area contributed by atoms with Gasteiger partial charge in [0, 0.05) is 25.4 Å². The maximum Gasteiger partial charge on any atom is 0.303 e. The Labute approximate surface area is 83.7 Å². The van der Waals surface area contributed by atoms with Gasteiger partial charge in [-0.25, -0.2) is 0 Å². The molecule has 5 nitrogen and oxygen atoms in total. The van der Waals surface area contributed by atoms with E-state index in [0.717, 1.165) is 0 Å². The first-order valence-electron chi connectivity index (χ1n) is 4.76. The lowest BCUT2D eigenvalue weighted by Gasteiger charge is -2.05. The summed E-state index contributed by atoms with van der Waals surface area (Å²) in [6.07, 6.45) is 1.63. The largest absolute Gasteiger partial charge is 0.481 e. The second-order valence-corrected chi connectivity index (χ2v) is 3.36. The number of aliphatic carboxylic acids is 1. The fourth-order valence-corrected chi connectivity index (χ4v) is 0.915. The smallest absolute Gasteiger partial charge is 0.303 e. The second kappa shape index (κ2) is 7.32. The van der Waals surface area contributed by atoms with E-state index >= 15 is 0 Å². The molecule has 0 fully saturated rings. The van der Waals surface area contributed by atoms with E-state index in [9.17, 15) is 9.59 Å². The van der Waals surface area contributed by atoms with Gasteiger partial charge in [0.05, 0.1) is 0 Å². The van der Waals surface area contributed by atoms with E-state index in [1.165, 1.54) is 0 Å². The standard InChI is InChI=1S/C9H18N2O3/c1-7(10)4-5-8(12)11-6-2-3-9(13)14/h7H,2-6,10H2,1H3,(H,11,12)(H,13,14). The summed E-state index contributed by atoms with van der Waals surface area (Å²) >= 11 is 0. The molecule has 0 rings (SSSR count). The van der Waals surface area contributed by atoms with Gasteiger partial charge in [0.15, 0.2) is 0 Å². The van der Waals surface area contributed by atoms with Crippen LogP contribution in [0, 0.1) is 0 Å². The summed E-state index contributed by atoms with van der Waals surface area (Å²) in [5.41, 5.74) is 5.48. The van der Waals surface area contributed by atoms with Crippen LogP contribution in [0.1, 0.15) is 32.6 Å². The number of hydrogen-bond acceptors (Lipinski definition) is 3. The van der Waals surface area contributed by atoms with Crippen molar-refractivity contribution in [3.63, 3.8) is 0 Å². The lowest BCUT2D eigenvalue weighted by atomic mass is 10.2. The molecule has 0 aromatic heterocycles. The summed E-state index contributed by atoms with van der Waals surface area (Å²) in [4.78, 5) is 21.2. The molecule has 0 spiro atoms. The van der Waals surface area contributed by atoms with Crippen molar-refractivity contribution >= 4 is 11.9 Å². The molecule has 1 amide bonds. The third-order valence-corrected chi connectivity index (χ3v) is 1.72. The molecular weight excluding hydrogens is 184 g/mol. The number of carbonyl (C=O) groups is 2. The molecule has 0 bridgehead atoms. The van der Waals surface area contributed by atoms with Gasteiger partial charge >= 0.3 is 5.97 Å². The highest BCUT2D eigenvalue weighted by molar-refractivity contribution is 5.75. The average molecular weight is 202 g/mol. The topological polar surface area (TPSA) is 92.4 Å². The highest BCUT2D eigenvalue weighted by Gasteiger charge is 2.03. The molecule has 0 aromatic carbocycles. The monoisotopic (exact) mass is 202 g/mol. The van der Waals surface area contributed by atoms with Crippen LogP contribution in [0.15, 0.2) is 0 Å². The molecule has 0 saturated heterocycles. The van der Waals surface area contributed by atoms with Gasteiger partial charge in [-0.2, -0.15) is 0 Å². The third kappa shape index (κ3) is 8.99. The molecule has 0 aromatic rings. The average Bonchev–Trinajstić information content (AvgIpc) is 2.08. The number of amides is 1. The van der Waals surface area contributed by atoms with Crippen molar-refractivity contribution in [1.29, 1.82) is 0 Å². The molecule has 1 atom stereocenters. The molecule has 0 aliphatic rings. The number of nitrogens with one attached hydrogen (secondary N) is 1. The first-order chi connectivity index (χ1) is 6.52. The number of hydrogen-bond donors (Lipinski definition) is 3. The first-order valence-corrected chi connectivity index (χ1v) is 4.76. The Hall–Kier alpha value is -1.10. The Bertz CT molecular complexity index is 192. The number of nitrogens with two attached hydrogens (primary N) is 1. The van der Waals surface area contributed by atoms with Crippen molar-refractivity contribution in [2.45, 2.75) is 38.6 Å². The number of carboxylic acids is 1. The van der Waals surface area contributed by atoms with E-state index in [4.69, 9.17) is 10.8 Å². The lowest BCUT2D eigenvalue weighted by molar-refractivity contribution is -0.137. The summed E-state index contributed by atoms with van der Waals surface area (Å²) in [7, 11) is 0. The summed E-state index contributed by atoms with van der Waals surface area (Å²) in [5, 5.41) is 11.0. The Morgan fingerprint density at radius 3 is 2.57 bits per heavy atom. The van der Waals surface area contributed by atoms with Crippen molar-refractivity contribution in [3.8, 4) is 0 Å². The normalized spacial score (nSPS) is 12.1. The molecule has 14 heavy (non-hydrogen) atoms. The van der Waals surface area contributed by atoms with E-state index in [1.54, 1.807) is 0 Å². The number of carboxylic acid groups (broad SMARTS) is 1. The minimum Gasteiger partial charge on any atom is -0.481 e. The molecule has 0 aliphatic heterocycles. The van der Waals surface area contributed by atoms with Crippen LogP contribution in [0.2, 0.25) is 0 Å². The van der Waals surface area contributed by atoms with E-state index in [-0.39, 0.29) is 18.4 Å². The van der Waals surface area contributed by atoms with Crippen molar-refractivity contribution < 1.29 is 14.7 Å². The molecule has 0 heterocycles. The first kappa shape index (κ1) is 12.9. The third-order valence-electron chi connectivity index (χ3n) is 1.72. The Morgan fingerprint density at radius 1 is 1.43 bits per heavy atom. The highest BCUT2D eigenvalue weighted by Crippen LogP contribution is 1.93. The van der Waals surface area contributed by atoms with Gasteiger partial charge in [0.2, 0.25) is 5.91 Å². The predicted molar refractivity (Wildman–Crippen MR) is 52.8 cm³/mol. The highest BCUT2D eigenvalue weighted by atomic mass is 16.4. The van der Waals surface area contributed by atoms with Crippen LogP contribution in [-0.2, 0) is 9.59 Å². The van der Waals surface area contributed by atoms with Crippen LogP contribution < -0.4 is 11.1 Å². The predicted octanol–water partition coefficient (Wildman–Crippen LogP) is 0.0948. The van der Waals surface area contributed by atoms with E-state index in [0.29, 0.717) is 25.8 Å². The number of carbonyl (C=O) groups excluding carboxylic acids is 1. The van der Waals surface area contributed by atoms with E-state index < -0.39 is 5.97 Å². The van der Waals surface area contributed by atoms with Gasteiger partial charge in [0.25, 0.3) is 0 Å². The van der Waals surface area contributed by atoms with Crippen LogP contribution >= 0.6 is 0 Å². The van der Waals surface area contributed by atoms with Gasteiger partial charge in [-0.1, -0.05) is 0 Å². The van der Waals surface area contributed by atoms with Crippen molar-refractivity contribution in [2.24, 2.45) is 5.73 Å². The van der Waals surface area contributed by atoms with Gasteiger partial charge in [0.1, 0.15) is 0 Å². The van der Waals surface area contributed by atoms with Gasteiger partial charge in [-0.15, -0.1) is 0 Å². The minimum absolute atomic E-state index is 0.0276. The maximum atomic E-state index is 11.1. The molecule has 0 aliphatic carbocycles. The van der Waals surface area contributed by atoms with E-state index in [2.05, 4.69) is 5.32 Å². The second-order valence-electron chi connectivity index (χ2n) is 3.36. The van der Waals surface area contributed by atoms with E-state index in [1.807, 2.05) is 6.92 Å².